The van der Waals surface area contributed by atoms with E-state index >= 15 is 0 Å². The largest absolute Gasteiger partial charge is 0.477 e. The van der Waals surface area contributed by atoms with E-state index in [4.69, 9.17) is 9.15 Å². The number of amides is 1. The number of aromatic nitrogens is 2. The van der Waals surface area contributed by atoms with Gasteiger partial charge in [0.05, 0.1) is 16.9 Å². The molecule has 1 unspecified atom stereocenters. The molecule has 0 bridgehead atoms. The van der Waals surface area contributed by atoms with Gasteiger partial charge in [0.15, 0.2) is 17.7 Å². The lowest BCUT2D eigenvalue weighted by Crippen LogP contribution is -2.45. The maximum Gasteiger partial charge on any atom is 0.268 e. The molecule has 8 nitrogen and oxygen atoms in total. The van der Waals surface area contributed by atoms with E-state index in [0.717, 1.165) is 48.9 Å². The van der Waals surface area contributed by atoms with Gasteiger partial charge >= 0.3 is 0 Å². The molecule has 0 aliphatic carbocycles. The molecule has 1 amide bonds. The van der Waals surface area contributed by atoms with Gasteiger partial charge in [0.25, 0.3) is 5.91 Å². The predicted octanol–water partition coefficient (Wildman–Crippen LogP) is 2.98. The second-order valence-electron chi connectivity index (χ2n) is 8.31. The highest BCUT2D eigenvalue weighted by molar-refractivity contribution is 6.01. The van der Waals surface area contributed by atoms with E-state index in [9.17, 15) is 4.79 Å². The van der Waals surface area contributed by atoms with E-state index in [-0.39, 0.29) is 5.91 Å². The topological polar surface area (TPSA) is 74.9 Å². The summed E-state index contributed by atoms with van der Waals surface area (Å²) in [6.45, 7) is 6.18. The van der Waals surface area contributed by atoms with E-state index in [2.05, 4.69) is 26.8 Å². The quantitative estimate of drug-likeness (QED) is 0.612. The number of para-hydroxylation sites is 1. The number of piperazine rings is 1. The molecule has 2 aromatic heterocycles. The fraction of sp³-hybridized carbons (Fsp3) is 0.375. The van der Waals surface area contributed by atoms with Crippen LogP contribution in [0.3, 0.4) is 0 Å². The number of likely N-dealkylation sites (N-methyl/N-ethyl adjacent to an activating group) is 1. The summed E-state index contributed by atoms with van der Waals surface area (Å²) < 4.78 is 11.9. The molecule has 1 atom stereocenters. The summed E-state index contributed by atoms with van der Waals surface area (Å²) >= 11 is 0. The van der Waals surface area contributed by atoms with Gasteiger partial charge in [-0.25, -0.2) is 9.97 Å². The van der Waals surface area contributed by atoms with Gasteiger partial charge in [-0.05, 0) is 38.2 Å². The van der Waals surface area contributed by atoms with Gasteiger partial charge in [-0.15, -0.1) is 0 Å². The standard InChI is InChI=1S/C24H27N5O3/c1-17-16-31-23(26-17)18-6-3-4-7-19(18)29-11-9-21(24(29)30)32-20-8-5-10-25-22(20)28-14-12-27(2)13-15-28/h3-8,10,16,21H,9,11-15H2,1-2H3. The Labute approximate surface area is 187 Å². The number of anilines is 2. The Hall–Kier alpha value is -3.39. The maximum absolute atomic E-state index is 13.3. The molecular formula is C24H27N5O3. The van der Waals surface area contributed by atoms with Crippen molar-refractivity contribution in [2.24, 2.45) is 0 Å². The molecule has 0 saturated carbocycles. The molecule has 2 aliphatic rings. The van der Waals surface area contributed by atoms with Gasteiger partial charge in [-0.1, -0.05) is 12.1 Å². The fourth-order valence-electron chi connectivity index (χ4n) is 4.25. The number of ether oxygens (including phenoxy) is 1. The molecule has 0 N–H and O–H groups in total. The van der Waals surface area contributed by atoms with Crippen LogP contribution in [0.1, 0.15) is 12.1 Å². The fourth-order valence-corrected chi connectivity index (χ4v) is 4.25. The number of hydrogen-bond acceptors (Lipinski definition) is 7. The zero-order valence-corrected chi connectivity index (χ0v) is 18.4. The van der Waals surface area contributed by atoms with Gasteiger partial charge < -0.3 is 23.9 Å². The summed E-state index contributed by atoms with van der Waals surface area (Å²) in [6.07, 6.45) is 3.45. The molecule has 8 heteroatoms. The van der Waals surface area contributed by atoms with Crippen LogP contribution in [0.25, 0.3) is 11.5 Å². The molecule has 166 valence electrons. The molecule has 4 heterocycles. The van der Waals surface area contributed by atoms with E-state index in [0.29, 0.717) is 24.6 Å². The van der Waals surface area contributed by atoms with Gasteiger partial charge in [0.1, 0.15) is 6.26 Å². The van der Waals surface area contributed by atoms with E-state index in [1.54, 1.807) is 17.4 Å². The molecule has 2 fully saturated rings. The third kappa shape index (κ3) is 3.93. The number of aryl methyl sites for hydroxylation is 1. The number of pyridine rings is 1. The summed E-state index contributed by atoms with van der Waals surface area (Å²) in [5.74, 6) is 1.92. The Morgan fingerprint density at radius 2 is 1.88 bits per heavy atom. The van der Waals surface area contributed by atoms with Crippen LogP contribution in [0.2, 0.25) is 0 Å². The highest BCUT2D eigenvalue weighted by Gasteiger charge is 2.36. The normalized spacial score (nSPS) is 19.6. The Kier molecular flexibility index (Phi) is 5.53. The number of benzene rings is 1. The monoisotopic (exact) mass is 433 g/mol. The van der Waals surface area contributed by atoms with Crippen molar-refractivity contribution in [2.75, 3.05) is 49.6 Å². The third-order valence-corrected chi connectivity index (χ3v) is 6.02. The first-order chi connectivity index (χ1) is 15.6. The smallest absolute Gasteiger partial charge is 0.268 e. The molecule has 3 aromatic rings. The van der Waals surface area contributed by atoms with Gasteiger partial charge in [-0.2, -0.15) is 0 Å². The van der Waals surface area contributed by atoms with E-state index in [1.165, 1.54) is 0 Å². The van der Waals surface area contributed by atoms with Crippen LogP contribution in [-0.4, -0.2) is 66.7 Å². The highest BCUT2D eigenvalue weighted by atomic mass is 16.5. The van der Waals surface area contributed by atoms with Crippen molar-refractivity contribution in [3.8, 4) is 17.2 Å². The highest BCUT2D eigenvalue weighted by Crippen LogP contribution is 2.35. The summed E-state index contributed by atoms with van der Waals surface area (Å²) in [5, 5.41) is 0. The van der Waals surface area contributed by atoms with Gasteiger partial charge in [0.2, 0.25) is 5.89 Å². The SMILES string of the molecule is Cc1coc(-c2ccccc2N2CCC(Oc3cccnc3N3CCN(C)CC3)C2=O)n1. The average Bonchev–Trinajstić information content (AvgIpc) is 3.40. The average molecular weight is 434 g/mol. The molecule has 5 rings (SSSR count). The first kappa shape index (κ1) is 20.5. The zero-order chi connectivity index (χ0) is 22.1. The van der Waals surface area contributed by atoms with Crippen molar-refractivity contribution in [1.82, 2.24) is 14.9 Å². The third-order valence-electron chi connectivity index (χ3n) is 6.02. The number of rotatable bonds is 5. The zero-order valence-electron chi connectivity index (χ0n) is 18.4. The Morgan fingerprint density at radius 3 is 2.66 bits per heavy atom. The van der Waals surface area contributed by atoms with Crippen molar-refractivity contribution in [3.05, 3.63) is 54.6 Å². The maximum atomic E-state index is 13.3. The Bertz CT molecular complexity index is 1110. The van der Waals surface area contributed by atoms with Crippen LogP contribution in [0.5, 0.6) is 5.75 Å². The number of carbonyl (C=O) groups excluding carboxylic acids is 1. The van der Waals surface area contributed by atoms with Crippen molar-refractivity contribution in [2.45, 2.75) is 19.4 Å². The minimum Gasteiger partial charge on any atom is -0.477 e. The molecule has 2 saturated heterocycles. The summed E-state index contributed by atoms with van der Waals surface area (Å²) in [6, 6.07) is 11.4. The van der Waals surface area contributed by atoms with Crippen LogP contribution < -0.4 is 14.5 Å². The lowest BCUT2D eigenvalue weighted by atomic mass is 10.1. The van der Waals surface area contributed by atoms with Crippen LogP contribution in [0, 0.1) is 6.92 Å². The number of nitrogens with zero attached hydrogens (tertiary/aromatic N) is 5. The summed E-state index contributed by atoms with van der Waals surface area (Å²) in [7, 11) is 2.12. The molecule has 0 radical (unpaired) electrons. The van der Waals surface area contributed by atoms with Crippen molar-refractivity contribution < 1.29 is 13.9 Å². The first-order valence-corrected chi connectivity index (χ1v) is 11.0. The van der Waals surface area contributed by atoms with Crippen molar-refractivity contribution in [1.29, 1.82) is 0 Å². The molecule has 32 heavy (non-hydrogen) atoms. The second-order valence-corrected chi connectivity index (χ2v) is 8.31. The lowest BCUT2D eigenvalue weighted by Gasteiger charge is -2.34. The van der Waals surface area contributed by atoms with Crippen molar-refractivity contribution >= 4 is 17.4 Å². The molecule has 2 aliphatic heterocycles. The number of oxazole rings is 1. The Morgan fingerprint density at radius 1 is 1.06 bits per heavy atom. The number of carbonyl (C=O) groups is 1. The van der Waals surface area contributed by atoms with E-state index < -0.39 is 6.10 Å². The van der Waals surface area contributed by atoms with Crippen LogP contribution in [-0.2, 0) is 4.79 Å². The minimum atomic E-state index is -0.551. The summed E-state index contributed by atoms with van der Waals surface area (Å²) in [4.78, 5) is 28.6. The van der Waals surface area contributed by atoms with E-state index in [1.807, 2.05) is 43.3 Å². The second kappa shape index (κ2) is 8.63. The molecule has 1 aromatic carbocycles. The minimum absolute atomic E-state index is 0.0612. The molecule has 0 spiro atoms. The van der Waals surface area contributed by atoms with Crippen LogP contribution in [0.4, 0.5) is 11.5 Å². The van der Waals surface area contributed by atoms with Gasteiger partial charge in [0, 0.05) is 45.3 Å². The van der Waals surface area contributed by atoms with Crippen LogP contribution >= 0.6 is 0 Å². The Balaban J connectivity index is 1.36. The first-order valence-electron chi connectivity index (χ1n) is 11.0. The van der Waals surface area contributed by atoms with Gasteiger partial charge in [-0.3, -0.25) is 4.79 Å². The van der Waals surface area contributed by atoms with Crippen molar-refractivity contribution in [3.63, 3.8) is 0 Å². The molecular weight excluding hydrogens is 406 g/mol. The predicted molar refractivity (Wildman–Crippen MR) is 122 cm³/mol. The summed E-state index contributed by atoms with van der Waals surface area (Å²) in [5.41, 5.74) is 2.39. The van der Waals surface area contributed by atoms with Crippen LogP contribution in [0.15, 0.2) is 53.3 Å². The number of hydrogen-bond donors (Lipinski definition) is 0. The lowest BCUT2D eigenvalue weighted by molar-refractivity contribution is -0.122.